The van der Waals surface area contributed by atoms with Crippen molar-refractivity contribution in [2.75, 3.05) is 19.2 Å². The van der Waals surface area contributed by atoms with E-state index in [9.17, 15) is 0 Å². The highest BCUT2D eigenvalue weighted by molar-refractivity contribution is 5.44. The van der Waals surface area contributed by atoms with Gasteiger partial charge in [-0.15, -0.1) is 0 Å². The standard InChI is InChI=1S/C15H16N2O3/c1-16-15-4-2-3-12(17-15)9-18-8-11-5-6-13-14(7-11)20-10-19-13/h2-7H,8-10H2,1H3,(H,16,17). The van der Waals surface area contributed by atoms with E-state index < -0.39 is 0 Å². The summed E-state index contributed by atoms with van der Waals surface area (Å²) in [6.45, 7) is 1.28. The van der Waals surface area contributed by atoms with Crippen molar-refractivity contribution in [2.24, 2.45) is 0 Å². The van der Waals surface area contributed by atoms with Crippen LogP contribution in [0.1, 0.15) is 11.3 Å². The average molecular weight is 272 g/mol. The fourth-order valence-corrected chi connectivity index (χ4v) is 2.00. The molecule has 1 aliphatic rings. The zero-order valence-corrected chi connectivity index (χ0v) is 11.3. The molecule has 5 heteroatoms. The minimum Gasteiger partial charge on any atom is -0.454 e. The maximum atomic E-state index is 5.68. The van der Waals surface area contributed by atoms with Crippen LogP contribution in [0.2, 0.25) is 0 Å². The molecule has 2 heterocycles. The van der Waals surface area contributed by atoms with Crippen molar-refractivity contribution in [3.63, 3.8) is 0 Å². The second-order valence-electron chi connectivity index (χ2n) is 4.44. The third-order valence-electron chi connectivity index (χ3n) is 3.02. The van der Waals surface area contributed by atoms with Gasteiger partial charge in [0.05, 0.1) is 18.9 Å². The normalized spacial score (nSPS) is 12.4. The number of ether oxygens (including phenoxy) is 3. The number of pyridine rings is 1. The molecule has 0 unspecified atom stereocenters. The number of anilines is 1. The van der Waals surface area contributed by atoms with Gasteiger partial charge in [-0.25, -0.2) is 4.98 Å². The van der Waals surface area contributed by atoms with Crippen LogP contribution in [0, 0.1) is 0 Å². The first-order valence-corrected chi connectivity index (χ1v) is 6.45. The number of nitrogens with one attached hydrogen (secondary N) is 1. The molecule has 0 amide bonds. The lowest BCUT2D eigenvalue weighted by Crippen LogP contribution is -1.99. The van der Waals surface area contributed by atoms with E-state index in [2.05, 4.69) is 10.3 Å². The van der Waals surface area contributed by atoms with Crippen LogP contribution >= 0.6 is 0 Å². The third-order valence-corrected chi connectivity index (χ3v) is 3.02. The third kappa shape index (κ3) is 2.83. The van der Waals surface area contributed by atoms with Crippen molar-refractivity contribution in [1.29, 1.82) is 0 Å². The SMILES string of the molecule is CNc1cccc(COCc2ccc3c(c2)OCO3)n1. The van der Waals surface area contributed by atoms with Gasteiger partial charge in [0.2, 0.25) is 6.79 Å². The van der Waals surface area contributed by atoms with E-state index in [1.807, 2.05) is 43.4 Å². The van der Waals surface area contributed by atoms with E-state index in [-0.39, 0.29) is 0 Å². The molecular formula is C15H16N2O3. The molecule has 1 aliphatic heterocycles. The summed E-state index contributed by atoms with van der Waals surface area (Å²) in [6, 6.07) is 11.6. The summed E-state index contributed by atoms with van der Waals surface area (Å²) in [5.74, 6) is 2.41. The molecule has 0 bridgehead atoms. The van der Waals surface area contributed by atoms with Crippen molar-refractivity contribution in [3.8, 4) is 11.5 Å². The number of hydrogen-bond donors (Lipinski definition) is 1. The summed E-state index contributed by atoms with van der Waals surface area (Å²) in [4.78, 5) is 4.40. The Labute approximate surface area is 117 Å². The summed E-state index contributed by atoms with van der Waals surface area (Å²) in [7, 11) is 1.85. The zero-order chi connectivity index (χ0) is 13.8. The molecule has 0 spiro atoms. The van der Waals surface area contributed by atoms with E-state index >= 15 is 0 Å². The second kappa shape index (κ2) is 5.79. The van der Waals surface area contributed by atoms with Crippen LogP contribution in [0.5, 0.6) is 11.5 Å². The molecule has 3 rings (SSSR count). The fourth-order valence-electron chi connectivity index (χ4n) is 2.00. The number of hydrogen-bond acceptors (Lipinski definition) is 5. The Morgan fingerprint density at radius 1 is 1.15 bits per heavy atom. The first kappa shape index (κ1) is 12.7. The lowest BCUT2D eigenvalue weighted by atomic mass is 10.2. The lowest BCUT2D eigenvalue weighted by Gasteiger charge is -2.06. The minimum absolute atomic E-state index is 0.292. The summed E-state index contributed by atoms with van der Waals surface area (Å²) < 4.78 is 16.3. The van der Waals surface area contributed by atoms with Gasteiger partial charge in [0.1, 0.15) is 5.82 Å². The molecule has 0 saturated heterocycles. The van der Waals surface area contributed by atoms with Crippen LogP contribution in [0.4, 0.5) is 5.82 Å². The van der Waals surface area contributed by atoms with Gasteiger partial charge in [-0.3, -0.25) is 0 Å². The second-order valence-corrected chi connectivity index (χ2v) is 4.44. The molecule has 104 valence electrons. The van der Waals surface area contributed by atoms with Crippen LogP contribution in [-0.2, 0) is 18.0 Å². The number of rotatable bonds is 5. The number of nitrogens with zero attached hydrogens (tertiary/aromatic N) is 1. The van der Waals surface area contributed by atoms with Crippen LogP contribution < -0.4 is 14.8 Å². The van der Waals surface area contributed by atoms with E-state index in [1.165, 1.54) is 0 Å². The van der Waals surface area contributed by atoms with Crippen molar-refractivity contribution >= 4 is 5.82 Å². The molecule has 0 aliphatic carbocycles. The van der Waals surface area contributed by atoms with Gasteiger partial charge >= 0.3 is 0 Å². The van der Waals surface area contributed by atoms with E-state index in [1.54, 1.807) is 0 Å². The van der Waals surface area contributed by atoms with Gasteiger partial charge in [0.15, 0.2) is 11.5 Å². The molecule has 20 heavy (non-hydrogen) atoms. The molecule has 1 N–H and O–H groups in total. The summed E-state index contributed by atoms with van der Waals surface area (Å²) >= 11 is 0. The highest BCUT2D eigenvalue weighted by atomic mass is 16.7. The highest BCUT2D eigenvalue weighted by Gasteiger charge is 2.13. The Morgan fingerprint density at radius 2 is 2.05 bits per heavy atom. The molecule has 0 radical (unpaired) electrons. The first-order valence-electron chi connectivity index (χ1n) is 6.45. The van der Waals surface area contributed by atoms with E-state index in [0.717, 1.165) is 28.6 Å². The van der Waals surface area contributed by atoms with Gasteiger partial charge in [-0.1, -0.05) is 12.1 Å². The Hall–Kier alpha value is -2.27. The summed E-state index contributed by atoms with van der Waals surface area (Å²) in [6.07, 6.45) is 0. The van der Waals surface area contributed by atoms with E-state index in [0.29, 0.717) is 20.0 Å². The highest BCUT2D eigenvalue weighted by Crippen LogP contribution is 2.32. The summed E-state index contributed by atoms with van der Waals surface area (Å²) in [5, 5.41) is 3.01. The van der Waals surface area contributed by atoms with Gasteiger partial charge in [0, 0.05) is 7.05 Å². The van der Waals surface area contributed by atoms with Crippen molar-refractivity contribution in [3.05, 3.63) is 47.7 Å². The Kier molecular flexibility index (Phi) is 3.69. The van der Waals surface area contributed by atoms with E-state index in [4.69, 9.17) is 14.2 Å². The molecule has 1 aromatic carbocycles. The minimum atomic E-state index is 0.292. The Morgan fingerprint density at radius 3 is 2.95 bits per heavy atom. The smallest absolute Gasteiger partial charge is 0.231 e. The molecule has 0 fully saturated rings. The first-order chi connectivity index (χ1) is 9.85. The number of benzene rings is 1. The van der Waals surface area contributed by atoms with Crippen molar-refractivity contribution in [2.45, 2.75) is 13.2 Å². The topological polar surface area (TPSA) is 52.6 Å². The molecule has 0 atom stereocenters. The molecule has 2 aromatic rings. The zero-order valence-electron chi connectivity index (χ0n) is 11.3. The molecule has 0 saturated carbocycles. The molecule has 5 nitrogen and oxygen atoms in total. The molecule has 1 aromatic heterocycles. The average Bonchev–Trinajstić information content (AvgIpc) is 2.95. The monoisotopic (exact) mass is 272 g/mol. The van der Waals surface area contributed by atoms with Crippen LogP contribution in [0.15, 0.2) is 36.4 Å². The summed E-state index contributed by atoms with van der Waals surface area (Å²) in [5.41, 5.74) is 1.96. The lowest BCUT2D eigenvalue weighted by molar-refractivity contribution is 0.104. The molecular weight excluding hydrogens is 256 g/mol. The quantitative estimate of drug-likeness (QED) is 0.906. The Bertz CT molecular complexity index is 601. The van der Waals surface area contributed by atoms with Crippen molar-refractivity contribution in [1.82, 2.24) is 4.98 Å². The maximum absolute atomic E-state index is 5.68. The Balaban J connectivity index is 1.57. The van der Waals surface area contributed by atoms with Crippen LogP contribution in [0.25, 0.3) is 0 Å². The number of aromatic nitrogens is 1. The van der Waals surface area contributed by atoms with Crippen molar-refractivity contribution < 1.29 is 14.2 Å². The number of fused-ring (bicyclic) bond motifs is 1. The van der Waals surface area contributed by atoms with Gasteiger partial charge < -0.3 is 19.5 Å². The van der Waals surface area contributed by atoms with Crippen LogP contribution in [-0.4, -0.2) is 18.8 Å². The largest absolute Gasteiger partial charge is 0.454 e. The van der Waals surface area contributed by atoms with Gasteiger partial charge in [-0.2, -0.15) is 0 Å². The fraction of sp³-hybridized carbons (Fsp3) is 0.267. The predicted molar refractivity (Wildman–Crippen MR) is 74.8 cm³/mol. The predicted octanol–water partition coefficient (Wildman–Crippen LogP) is 2.57. The maximum Gasteiger partial charge on any atom is 0.231 e. The van der Waals surface area contributed by atoms with Gasteiger partial charge in [-0.05, 0) is 29.8 Å². The van der Waals surface area contributed by atoms with Crippen LogP contribution in [0.3, 0.4) is 0 Å². The van der Waals surface area contributed by atoms with Gasteiger partial charge in [0.25, 0.3) is 0 Å².